The van der Waals surface area contributed by atoms with E-state index in [0.29, 0.717) is 34.6 Å². The summed E-state index contributed by atoms with van der Waals surface area (Å²) in [6.07, 6.45) is 0.144. The fourth-order valence-electron chi connectivity index (χ4n) is 1.73. The van der Waals surface area contributed by atoms with Crippen molar-refractivity contribution in [1.29, 1.82) is 0 Å². The number of methoxy groups -OCH3 is 1. The number of nitrogens with one attached hydrogen (secondary N) is 1. The van der Waals surface area contributed by atoms with Crippen molar-refractivity contribution in [2.45, 2.75) is 25.5 Å². The van der Waals surface area contributed by atoms with Crippen molar-refractivity contribution in [2.75, 3.05) is 20.3 Å². The monoisotopic (exact) mass is 325 g/mol. The Bertz CT molecular complexity index is 415. The van der Waals surface area contributed by atoms with Gasteiger partial charge in [-0.2, -0.15) is 0 Å². The van der Waals surface area contributed by atoms with Gasteiger partial charge in [-0.3, -0.25) is 0 Å². The minimum absolute atomic E-state index is 0.0250. The molecule has 2 atom stereocenters. The minimum Gasteiger partial charge on any atom is -0.391 e. The maximum absolute atomic E-state index is 9.54. The summed E-state index contributed by atoms with van der Waals surface area (Å²) in [5, 5.41) is 14.1. The molecule has 0 aromatic heterocycles. The highest BCUT2D eigenvalue weighted by molar-refractivity contribution is 6.48. The molecule has 6 heteroatoms. The van der Waals surface area contributed by atoms with Gasteiger partial charge in [0.15, 0.2) is 0 Å². The van der Waals surface area contributed by atoms with Gasteiger partial charge < -0.3 is 15.2 Å². The molecule has 0 fully saturated rings. The predicted molar refractivity (Wildman–Crippen MR) is 80.4 cm³/mol. The van der Waals surface area contributed by atoms with Crippen LogP contribution in [0, 0.1) is 0 Å². The van der Waals surface area contributed by atoms with Crippen molar-refractivity contribution in [3.63, 3.8) is 0 Å². The summed E-state index contributed by atoms with van der Waals surface area (Å²) in [5.41, 5.74) is 0.886. The van der Waals surface area contributed by atoms with E-state index in [1.54, 1.807) is 13.2 Å². The first-order valence-corrected chi connectivity index (χ1v) is 7.14. The molecule has 0 aliphatic heterocycles. The number of ether oxygens (including phenoxy) is 1. The van der Waals surface area contributed by atoms with Crippen molar-refractivity contribution in [1.82, 2.24) is 5.32 Å². The Balaban J connectivity index is 2.54. The molecule has 0 bridgehead atoms. The van der Waals surface area contributed by atoms with E-state index in [0.717, 1.165) is 5.56 Å². The van der Waals surface area contributed by atoms with Crippen LogP contribution in [-0.2, 0) is 4.74 Å². The first-order chi connectivity index (χ1) is 8.97. The Morgan fingerprint density at radius 3 is 2.58 bits per heavy atom. The summed E-state index contributed by atoms with van der Waals surface area (Å²) in [6, 6.07) is 3.60. The molecule has 0 heterocycles. The summed E-state index contributed by atoms with van der Waals surface area (Å²) >= 11 is 18.1. The van der Waals surface area contributed by atoms with Crippen LogP contribution in [0.5, 0.6) is 0 Å². The van der Waals surface area contributed by atoms with Crippen LogP contribution in [0.15, 0.2) is 12.1 Å². The molecule has 1 aromatic carbocycles. The standard InChI is InChI=1S/C13H18Cl3NO2/c1-8(17-6-5-9(18)7-19-2)10-3-4-11(14)13(16)12(10)15/h3-4,8-9,17-18H,5-7H2,1-2H3. The van der Waals surface area contributed by atoms with Crippen LogP contribution >= 0.6 is 34.8 Å². The third kappa shape index (κ3) is 5.10. The van der Waals surface area contributed by atoms with E-state index in [2.05, 4.69) is 5.32 Å². The summed E-state index contributed by atoms with van der Waals surface area (Å²) in [7, 11) is 1.56. The maximum Gasteiger partial charge on any atom is 0.0785 e. The van der Waals surface area contributed by atoms with Crippen molar-refractivity contribution < 1.29 is 9.84 Å². The van der Waals surface area contributed by atoms with E-state index in [1.165, 1.54) is 0 Å². The van der Waals surface area contributed by atoms with Crippen LogP contribution < -0.4 is 5.32 Å². The molecule has 0 spiro atoms. The minimum atomic E-state index is -0.464. The second-order valence-corrected chi connectivity index (χ2v) is 5.50. The van der Waals surface area contributed by atoms with Crippen molar-refractivity contribution in [2.24, 2.45) is 0 Å². The number of aliphatic hydroxyl groups excluding tert-OH is 1. The fourth-order valence-corrected chi connectivity index (χ4v) is 2.43. The average Bonchev–Trinajstić information content (AvgIpc) is 2.36. The zero-order valence-corrected chi connectivity index (χ0v) is 13.2. The SMILES string of the molecule is COCC(O)CCNC(C)c1ccc(Cl)c(Cl)c1Cl. The number of aliphatic hydroxyl groups is 1. The molecule has 3 nitrogen and oxygen atoms in total. The summed E-state index contributed by atoms with van der Waals surface area (Å²) in [5.74, 6) is 0. The molecule has 1 rings (SSSR count). The highest BCUT2D eigenvalue weighted by Crippen LogP contribution is 2.35. The molecule has 0 aliphatic rings. The van der Waals surface area contributed by atoms with Gasteiger partial charge in [-0.1, -0.05) is 40.9 Å². The lowest BCUT2D eigenvalue weighted by molar-refractivity contribution is 0.0590. The van der Waals surface area contributed by atoms with Gasteiger partial charge in [-0.25, -0.2) is 0 Å². The van der Waals surface area contributed by atoms with Gasteiger partial charge in [-0.15, -0.1) is 0 Å². The van der Waals surface area contributed by atoms with Gasteiger partial charge in [0.2, 0.25) is 0 Å². The van der Waals surface area contributed by atoms with Crippen LogP contribution in [0.25, 0.3) is 0 Å². The van der Waals surface area contributed by atoms with E-state index in [9.17, 15) is 5.11 Å². The van der Waals surface area contributed by atoms with E-state index in [4.69, 9.17) is 39.5 Å². The Hall–Kier alpha value is -0.0300. The molecule has 0 saturated carbocycles. The maximum atomic E-state index is 9.54. The Labute approximate surface area is 128 Å². The Kier molecular flexibility index (Phi) is 7.44. The zero-order valence-electron chi connectivity index (χ0n) is 10.9. The molecular formula is C13H18Cl3NO2. The van der Waals surface area contributed by atoms with E-state index in [1.807, 2.05) is 13.0 Å². The zero-order chi connectivity index (χ0) is 14.4. The van der Waals surface area contributed by atoms with Gasteiger partial charge in [0.05, 0.1) is 27.8 Å². The molecular weight excluding hydrogens is 309 g/mol. The lowest BCUT2D eigenvalue weighted by Gasteiger charge is -2.18. The van der Waals surface area contributed by atoms with Crippen molar-refractivity contribution in [3.8, 4) is 0 Å². The largest absolute Gasteiger partial charge is 0.391 e. The van der Waals surface area contributed by atoms with Gasteiger partial charge in [0.25, 0.3) is 0 Å². The van der Waals surface area contributed by atoms with Crippen molar-refractivity contribution >= 4 is 34.8 Å². The van der Waals surface area contributed by atoms with Gasteiger partial charge in [-0.05, 0) is 31.5 Å². The van der Waals surface area contributed by atoms with E-state index in [-0.39, 0.29) is 6.04 Å². The fraction of sp³-hybridized carbons (Fsp3) is 0.538. The predicted octanol–water partition coefficient (Wildman–Crippen LogP) is 3.69. The molecule has 2 N–H and O–H groups in total. The molecule has 108 valence electrons. The molecule has 1 aromatic rings. The van der Waals surface area contributed by atoms with Crippen LogP contribution in [0.2, 0.25) is 15.1 Å². The third-order valence-electron chi connectivity index (χ3n) is 2.82. The van der Waals surface area contributed by atoms with Gasteiger partial charge >= 0.3 is 0 Å². The first kappa shape index (κ1) is 17.0. The number of hydrogen-bond acceptors (Lipinski definition) is 3. The molecule has 0 radical (unpaired) electrons. The number of rotatable bonds is 7. The van der Waals surface area contributed by atoms with E-state index >= 15 is 0 Å². The smallest absolute Gasteiger partial charge is 0.0785 e. The second kappa shape index (κ2) is 8.30. The highest BCUT2D eigenvalue weighted by Gasteiger charge is 2.14. The van der Waals surface area contributed by atoms with Crippen LogP contribution in [0.3, 0.4) is 0 Å². The quantitative estimate of drug-likeness (QED) is 0.751. The Morgan fingerprint density at radius 2 is 1.95 bits per heavy atom. The Morgan fingerprint density at radius 1 is 1.26 bits per heavy atom. The van der Waals surface area contributed by atoms with Gasteiger partial charge in [0, 0.05) is 13.2 Å². The van der Waals surface area contributed by atoms with E-state index < -0.39 is 6.10 Å². The number of hydrogen-bond donors (Lipinski definition) is 2. The lowest BCUT2D eigenvalue weighted by atomic mass is 10.1. The van der Waals surface area contributed by atoms with Crippen molar-refractivity contribution in [3.05, 3.63) is 32.8 Å². The summed E-state index contributed by atoms with van der Waals surface area (Å²) < 4.78 is 4.86. The van der Waals surface area contributed by atoms with Gasteiger partial charge in [0.1, 0.15) is 0 Å². The van der Waals surface area contributed by atoms with Crippen LogP contribution in [0.4, 0.5) is 0 Å². The van der Waals surface area contributed by atoms with Crippen LogP contribution in [0.1, 0.15) is 24.9 Å². The molecule has 0 amide bonds. The molecule has 0 aliphatic carbocycles. The summed E-state index contributed by atoms with van der Waals surface area (Å²) in [6.45, 7) is 2.97. The topological polar surface area (TPSA) is 41.5 Å². The average molecular weight is 327 g/mol. The normalized spacial score (nSPS) is 14.4. The highest BCUT2D eigenvalue weighted by atomic mass is 35.5. The molecule has 0 saturated heterocycles. The second-order valence-electron chi connectivity index (χ2n) is 4.34. The van der Waals surface area contributed by atoms with Crippen LogP contribution in [-0.4, -0.2) is 31.5 Å². The number of benzene rings is 1. The lowest BCUT2D eigenvalue weighted by Crippen LogP contribution is -2.25. The molecule has 2 unspecified atom stereocenters. The first-order valence-electron chi connectivity index (χ1n) is 6.01. The third-order valence-corrected chi connectivity index (χ3v) is 4.13. The summed E-state index contributed by atoms with van der Waals surface area (Å²) in [4.78, 5) is 0. The number of halogens is 3. The molecule has 19 heavy (non-hydrogen) atoms.